The van der Waals surface area contributed by atoms with Gasteiger partial charge in [-0.25, -0.2) is 0 Å². The van der Waals surface area contributed by atoms with E-state index in [2.05, 4.69) is 34.5 Å². The summed E-state index contributed by atoms with van der Waals surface area (Å²) in [5, 5.41) is 22.8. The Balaban J connectivity index is 1.28. The summed E-state index contributed by atoms with van der Waals surface area (Å²) < 4.78 is 10.4. The number of anilines is 1. The standard InChI is InChI=1S/C27H25N5O5/c1-36-24-16-21(23(32(34)35)17-25(24)37-2)27(33)31-13-11-30(12-14-31)26-10-9-22(28-29-26)20-8-7-18-5-3-4-6-19(18)15-20/h3-10,15-17H,11-14H2,1-2H3. The highest BCUT2D eigenvalue weighted by Crippen LogP contribution is 2.35. The Morgan fingerprint density at radius 1 is 0.865 bits per heavy atom. The van der Waals surface area contributed by atoms with Crippen molar-refractivity contribution in [3.05, 3.63) is 82.4 Å². The van der Waals surface area contributed by atoms with Crippen molar-refractivity contribution in [1.29, 1.82) is 0 Å². The molecule has 3 aromatic carbocycles. The lowest BCUT2D eigenvalue weighted by Gasteiger charge is -2.35. The summed E-state index contributed by atoms with van der Waals surface area (Å²) >= 11 is 0. The van der Waals surface area contributed by atoms with Crippen molar-refractivity contribution in [2.24, 2.45) is 0 Å². The van der Waals surface area contributed by atoms with Crippen molar-refractivity contribution in [3.63, 3.8) is 0 Å². The van der Waals surface area contributed by atoms with Crippen LogP contribution in [0.5, 0.6) is 11.5 Å². The number of nitro groups is 1. The molecule has 2 heterocycles. The van der Waals surface area contributed by atoms with E-state index < -0.39 is 10.8 Å². The maximum atomic E-state index is 13.2. The van der Waals surface area contributed by atoms with Gasteiger partial charge in [0.05, 0.1) is 30.9 Å². The minimum absolute atomic E-state index is 0.0318. The van der Waals surface area contributed by atoms with Gasteiger partial charge in [-0.3, -0.25) is 14.9 Å². The number of nitro benzene ring substituents is 1. The van der Waals surface area contributed by atoms with E-state index in [0.29, 0.717) is 32.0 Å². The van der Waals surface area contributed by atoms with E-state index in [1.807, 2.05) is 35.2 Å². The first-order valence-electron chi connectivity index (χ1n) is 11.8. The molecule has 0 bridgehead atoms. The number of hydrogen-bond donors (Lipinski definition) is 0. The third-order valence-electron chi connectivity index (χ3n) is 6.52. The molecule has 1 saturated heterocycles. The molecule has 0 N–H and O–H groups in total. The summed E-state index contributed by atoms with van der Waals surface area (Å²) in [4.78, 5) is 27.9. The minimum atomic E-state index is -0.585. The van der Waals surface area contributed by atoms with Gasteiger partial charge >= 0.3 is 0 Å². The van der Waals surface area contributed by atoms with Crippen LogP contribution in [0.4, 0.5) is 11.5 Å². The van der Waals surface area contributed by atoms with Crippen LogP contribution in [0, 0.1) is 10.1 Å². The van der Waals surface area contributed by atoms with E-state index in [0.717, 1.165) is 16.6 Å². The van der Waals surface area contributed by atoms with Gasteiger partial charge in [-0.2, -0.15) is 0 Å². The van der Waals surface area contributed by atoms with Crippen molar-refractivity contribution in [2.75, 3.05) is 45.3 Å². The molecule has 1 aromatic heterocycles. The van der Waals surface area contributed by atoms with Crippen LogP contribution in [0.15, 0.2) is 66.7 Å². The third kappa shape index (κ3) is 4.73. The number of rotatable bonds is 6. The number of methoxy groups -OCH3 is 2. The van der Waals surface area contributed by atoms with E-state index in [9.17, 15) is 14.9 Å². The molecule has 5 rings (SSSR count). The Labute approximate surface area is 213 Å². The molecule has 37 heavy (non-hydrogen) atoms. The van der Waals surface area contributed by atoms with Crippen LogP contribution in [-0.4, -0.2) is 66.3 Å². The van der Waals surface area contributed by atoms with Gasteiger partial charge in [0.1, 0.15) is 5.56 Å². The predicted octanol–water partition coefficient (Wildman–Crippen LogP) is 4.18. The van der Waals surface area contributed by atoms with Gasteiger partial charge in [0.2, 0.25) is 0 Å². The highest BCUT2D eigenvalue weighted by Gasteiger charge is 2.30. The Bertz CT molecular complexity index is 1470. The van der Waals surface area contributed by atoms with E-state index in [1.165, 1.54) is 31.7 Å². The number of amides is 1. The second kappa shape index (κ2) is 10.1. The first-order chi connectivity index (χ1) is 18.0. The fraction of sp³-hybridized carbons (Fsp3) is 0.222. The highest BCUT2D eigenvalue weighted by atomic mass is 16.6. The lowest BCUT2D eigenvalue weighted by atomic mass is 10.1. The number of fused-ring (bicyclic) bond motifs is 1. The molecule has 1 fully saturated rings. The van der Waals surface area contributed by atoms with E-state index in [-0.39, 0.29) is 22.7 Å². The number of carbonyl (C=O) groups excluding carboxylic acids is 1. The molecule has 10 heteroatoms. The Hall–Kier alpha value is -4.73. The summed E-state index contributed by atoms with van der Waals surface area (Å²) in [6.45, 7) is 1.82. The normalized spacial score (nSPS) is 13.5. The van der Waals surface area contributed by atoms with Gasteiger partial charge in [0.15, 0.2) is 17.3 Å². The largest absolute Gasteiger partial charge is 0.493 e. The van der Waals surface area contributed by atoms with Crippen LogP contribution < -0.4 is 14.4 Å². The third-order valence-corrected chi connectivity index (χ3v) is 6.52. The van der Waals surface area contributed by atoms with Gasteiger partial charge in [0.25, 0.3) is 11.6 Å². The lowest BCUT2D eigenvalue weighted by molar-refractivity contribution is -0.385. The van der Waals surface area contributed by atoms with Gasteiger partial charge < -0.3 is 19.3 Å². The fourth-order valence-electron chi connectivity index (χ4n) is 4.50. The van der Waals surface area contributed by atoms with Crippen molar-refractivity contribution in [3.8, 4) is 22.8 Å². The molecule has 0 spiro atoms. The van der Waals surface area contributed by atoms with Gasteiger partial charge in [-0.15, -0.1) is 10.2 Å². The summed E-state index contributed by atoms with van der Waals surface area (Å²) in [5.41, 5.74) is 1.42. The summed E-state index contributed by atoms with van der Waals surface area (Å²) in [5.74, 6) is 0.747. The molecule has 1 amide bonds. The zero-order chi connectivity index (χ0) is 25.9. The average molecular weight is 500 g/mol. The first kappa shape index (κ1) is 24.0. The molecule has 4 aromatic rings. The molecule has 188 valence electrons. The smallest absolute Gasteiger partial charge is 0.286 e. The average Bonchev–Trinajstić information content (AvgIpc) is 2.96. The maximum Gasteiger partial charge on any atom is 0.286 e. The Morgan fingerprint density at radius 3 is 2.22 bits per heavy atom. The molecule has 1 aliphatic rings. The van der Waals surface area contributed by atoms with Crippen LogP contribution in [0.25, 0.3) is 22.0 Å². The van der Waals surface area contributed by atoms with Crippen LogP contribution in [0.3, 0.4) is 0 Å². The molecule has 0 unspecified atom stereocenters. The number of ether oxygens (including phenoxy) is 2. The van der Waals surface area contributed by atoms with Gasteiger partial charge in [0, 0.05) is 37.8 Å². The van der Waals surface area contributed by atoms with Crippen molar-refractivity contribution in [2.45, 2.75) is 0 Å². The van der Waals surface area contributed by atoms with E-state index in [1.54, 1.807) is 4.90 Å². The van der Waals surface area contributed by atoms with Crippen LogP contribution >= 0.6 is 0 Å². The first-order valence-corrected chi connectivity index (χ1v) is 11.8. The number of nitrogens with zero attached hydrogens (tertiary/aromatic N) is 5. The van der Waals surface area contributed by atoms with Crippen molar-refractivity contribution >= 4 is 28.2 Å². The molecule has 0 radical (unpaired) electrons. The molecule has 10 nitrogen and oxygen atoms in total. The quantitative estimate of drug-likeness (QED) is 0.287. The molecule has 0 aliphatic carbocycles. The number of aromatic nitrogens is 2. The molecule has 1 aliphatic heterocycles. The van der Waals surface area contributed by atoms with Gasteiger partial charge in [-0.1, -0.05) is 36.4 Å². The number of piperazine rings is 1. The van der Waals surface area contributed by atoms with Crippen LogP contribution in [-0.2, 0) is 0 Å². The summed E-state index contributed by atoms with van der Waals surface area (Å²) in [6, 6.07) is 20.8. The molecular weight excluding hydrogens is 474 g/mol. The maximum absolute atomic E-state index is 13.2. The topological polar surface area (TPSA) is 111 Å². The second-order valence-corrected chi connectivity index (χ2v) is 8.60. The second-order valence-electron chi connectivity index (χ2n) is 8.60. The Kier molecular flexibility index (Phi) is 6.55. The zero-order valence-electron chi connectivity index (χ0n) is 20.5. The molecule has 0 saturated carbocycles. The summed E-state index contributed by atoms with van der Waals surface area (Å²) in [7, 11) is 2.81. The van der Waals surface area contributed by atoms with Crippen molar-refractivity contribution < 1.29 is 19.2 Å². The van der Waals surface area contributed by atoms with Crippen LogP contribution in [0.2, 0.25) is 0 Å². The number of hydrogen-bond acceptors (Lipinski definition) is 8. The SMILES string of the molecule is COc1cc(C(=O)N2CCN(c3ccc(-c4ccc5ccccc5c4)nn3)CC2)c([N+](=O)[O-])cc1OC. The zero-order valence-corrected chi connectivity index (χ0v) is 20.5. The van der Waals surface area contributed by atoms with Crippen LogP contribution in [0.1, 0.15) is 10.4 Å². The predicted molar refractivity (Wildman–Crippen MR) is 139 cm³/mol. The van der Waals surface area contributed by atoms with E-state index in [4.69, 9.17) is 9.47 Å². The molecule has 0 atom stereocenters. The Morgan fingerprint density at radius 2 is 1.57 bits per heavy atom. The number of carbonyl (C=O) groups is 1. The fourth-order valence-corrected chi connectivity index (χ4v) is 4.50. The lowest BCUT2D eigenvalue weighted by Crippen LogP contribution is -2.49. The van der Waals surface area contributed by atoms with E-state index >= 15 is 0 Å². The highest BCUT2D eigenvalue weighted by molar-refractivity contribution is 5.99. The van der Waals surface area contributed by atoms with Crippen molar-refractivity contribution in [1.82, 2.24) is 15.1 Å². The van der Waals surface area contributed by atoms with Gasteiger partial charge in [-0.05, 0) is 29.0 Å². The number of benzene rings is 3. The monoisotopic (exact) mass is 499 g/mol. The minimum Gasteiger partial charge on any atom is -0.493 e. The molecular formula is C27H25N5O5. The summed E-state index contributed by atoms with van der Waals surface area (Å²) in [6.07, 6.45) is 0.